The van der Waals surface area contributed by atoms with E-state index >= 15 is 0 Å². The van der Waals surface area contributed by atoms with Crippen LogP contribution in [0.5, 0.6) is 0 Å². The zero-order chi connectivity index (χ0) is 7.33. The normalized spacial score (nSPS) is 10.9. The molecule has 0 rings (SSSR count). The maximum absolute atomic E-state index is 8.18. The van der Waals surface area contributed by atoms with Crippen LogP contribution in [0.3, 0.4) is 0 Å². The summed E-state index contributed by atoms with van der Waals surface area (Å²) in [5.74, 6) is 0.585. The Morgan fingerprint density at radius 3 is 2.33 bits per heavy atom. The first-order valence-electron chi connectivity index (χ1n) is 2.74. The van der Waals surface area contributed by atoms with Crippen LogP contribution in [0.4, 0.5) is 0 Å². The Morgan fingerprint density at radius 2 is 2.00 bits per heavy atom. The first kappa shape index (κ1) is 9.19. The van der Waals surface area contributed by atoms with Crippen LogP contribution in [0.15, 0.2) is 0 Å². The van der Waals surface area contributed by atoms with Crippen LogP contribution in [0.1, 0.15) is 20.8 Å². The summed E-state index contributed by atoms with van der Waals surface area (Å²) >= 11 is 0. The molecule has 0 aromatic carbocycles. The molecule has 52 valence electrons. The minimum atomic E-state index is 0.279. The minimum absolute atomic E-state index is 0.279. The van der Waals surface area contributed by atoms with Crippen molar-refractivity contribution in [1.29, 1.82) is 5.26 Å². The lowest BCUT2D eigenvalue weighted by atomic mass is 10.3. The monoisotopic (exact) mass is 161 g/mol. The lowest BCUT2D eigenvalue weighted by Gasteiger charge is -2.14. The van der Waals surface area contributed by atoms with Crippen LogP contribution in [0.2, 0.25) is 0 Å². The molecular formula is C6H11NS2. The molecule has 0 amide bonds. The van der Waals surface area contributed by atoms with Crippen LogP contribution in [-0.4, -0.2) is 10.5 Å². The molecule has 0 aliphatic rings. The minimum Gasteiger partial charge on any atom is -0.197 e. The van der Waals surface area contributed by atoms with Crippen LogP contribution < -0.4 is 0 Å². The second-order valence-electron chi connectivity index (χ2n) is 2.62. The molecule has 0 aromatic rings. The molecule has 0 atom stereocenters. The number of nitrogens with zero attached hydrogens (tertiary/aromatic N) is 1. The summed E-state index contributed by atoms with van der Waals surface area (Å²) in [4.78, 5) is 0. The summed E-state index contributed by atoms with van der Waals surface area (Å²) in [6.45, 7) is 6.42. The molecule has 0 spiro atoms. The summed E-state index contributed by atoms with van der Waals surface area (Å²) in [6.07, 6.45) is 0. The van der Waals surface area contributed by atoms with Crippen molar-refractivity contribution in [3.05, 3.63) is 0 Å². The van der Waals surface area contributed by atoms with Gasteiger partial charge in [-0.15, -0.1) is 0 Å². The van der Waals surface area contributed by atoms with Crippen molar-refractivity contribution < 1.29 is 0 Å². The van der Waals surface area contributed by atoms with Gasteiger partial charge in [0.1, 0.15) is 0 Å². The number of hydrogen-bond acceptors (Lipinski definition) is 3. The molecule has 0 aliphatic heterocycles. The Kier molecular flexibility index (Phi) is 4.16. The third-order valence-corrected chi connectivity index (χ3v) is 3.50. The molecule has 0 fully saturated rings. The van der Waals surface area contributed by atoms with Crippen molar-refractivity contribution in [3.63, 3.8) is 0 Å². The number of rotatable bonds is 2. The summed E-state index contributed by atoms with van der Waals surface area (Å²) in [5.41, 5.74) is 0. The maximum Gasteiger partial charge on any atom is 0.0911 e. The van der Waals surface area contributed by atoms with Gasteiger partial charge in [-0.25, -0.2) is 0 Å². The molecule has 1 nitrogen and oxygen atoms in total. The summed E-state index contributed by atoms with van der Waals surface area (Å²) in [7, 11) is 3.37. The van der Waals surface area contributed by atoms with Gasteiger partial charge in [0.25, 0.3) is 0 Å². The van der Waals surface area contributed by atoms with Crippen molar-refractivity contribution in [3.8, 4) is 6.07 Å². The van der Waals surface area contributed by atoms with Gasteiger partial charge in [0, 0.05) is 4.75 Å². The molecule has 9 heavy (non-hydrogen) atoms. The van der Waals surface area contributed by atoms with Crippen molar-refractivity contribution in [1.82, 2.24) is 0 Å². The highest BCUT2D eigenvalue weighted by Crippen LogP contribution is 2.34. The van der Waals surface area contributed by atoms with Gasteiger partial charge in [-0.3, -0.25) is 0 Å². The standard InChI is InChI=1S/C6H11NS2/c1-6(2,3)9-8-5-4-7/h5H2,1-3H3. The molecule has 0 radical (unpaired) electrons. The fourth-order valence-corrected chi connectivity index (χ4v) is 2.09. The van der Waals surface area contributed by atoms with E-state index in [-0.39, 0.29) is 4.75 Å². The van der Waals surface area contributed by atoms with Gasteiger partial charge in [-0.1, -0.05) is 42.4 Å². The maximum atomic E-state index is 8.18. The first-order valence-corrected chi connectivity index (χ1v) is 5.06. The molecular weight excluding hydrogens is 150 g/mol. The van der Waals surface area contributed by atoms with Crippen LogP contribution >= 0.6 is 21.6 Å². The van der Waals surface area contributed by atoms with Crippen molar-refractivity contribution in [2.24, 2.45) is 0 Å². The summed E-state index contributed by atoms with van der Waals surface area (Å²) < 4.78 is 0.279. The quantitative estimate of drug-likeness (QED) is 0.459. The highest BCUT2D eigenvalue weighted by molar-refractivity contribution is 8.77. The van der Waals surface area contributed by atoms with Crippen molar-refractivity contribution >= 4 is 21.6 Å². The van der Waals surface area contributed by atoms with E-state index in [1.807, 2.05) is 0 Å². The number of nitriles is 1. The van der Waals surface area contributed by atoms with E-state index in [0.717, 1.165) is 0 Å². The van der Waals surface area contributed by atoms with E-state index in [4.69, 9.17) is 5.26 Å². The van der Waals surface area contributed by atoms with Gasteiger partial charge < -0.3 is 0 Å². The summed E-state index contributed by atoms with van der Waals surface area (Å²) in [5, 5.41) is 8.18. The topological polar surface area (TPSA) is 23.8 Å². The predicted octanol–water partition coefficient (Wildman–Crippen LogP) is 2.69. The largest absolute Gasteiger partial charge is 0.197 e. The Bertz CT molecular complexity index is 109. The zero-order valence-electron chi connectivity index (χ0n) is 5.97. The van der Waals surface area contributed by atoms with E-state index in [2.05, 4.69) is 26.8 Å². The van der Waals surface area contributed by atoms with E-state index in [1.165, 1.54) is 0 Å². The van der Waals surface area contributed by atoms with E-state index in [9.17, 15) is 0 Å². The zero-order valence-corrected chi connectivity index (χ0v) is 7.60. The molecule has 0 aliphatic carbocycles. The second-order valence-corrected chi connectivity index (χ2v) is 5.74. The molecule has 0 saturated carbocycles. The molecule has 0 bridgehead atoms. The van der Waals surface area contributed by atoms with E-state index in [1.54, 1.807) is 21.6 Å². The Balaban J connectivity index is 3.20. The van der Waals surface area contributed by atoms with Gasteiger partial charge in [-0.2, -0.15) is 5.26 Å². The molecule has 0 aromatic heterocycles. The molecule has 0 heterocycles. The average Bonchev–Trinajstić information content (AvgIpc) is 1.63. The van der Waals surface area contributed by atoms with Crippen molar-refractivity contribution in [2.75, 3.05) is 5.75 Å². The highest BCUT2D eigenvalue weighted by Gasteiger charge is 2.09. The Labute approximate surface area is 64.6 Å². The van der Waals surface area contributed by atoms with Gasteiger partial charge in [-0.05, 0) is 0 Å². The smallest absolute Gasteiger partial charge is 0.0911 e. The SMILES string of the molecule is CC(C)(C)SSCC#N. The van der Waals surface area contributed by atoms with E-state index < -0.39 is 0 Å². The number of hydrogen-bond donors (Lipinski definition) is 0. The Hall–Kier alpha value is 0.190. The molecule has 0 unspecified atom stereocenters. The molecule has 0 N–H and O–H groups in total. The van der Waals surface area contributed by atoms with Gasteiger partial charge >= 0.3 is 0 Å². The molecule has 0 saturated heterocycles. The lowest BCUT2D eigenvalue weighted by Crippen LogP contribution is -2.04. The lowest BCUT2D eigenvalue weighted by molar-refractivity contribution is 0.810. The van der Waals surface area contributed by atoms with Gasteiger partial charge in [0.05, 0.1) is 11.8 Å². The fourth-order valence-electron chi connectivity index (χ4n) is 0.233. The third kappa shape index (κ3) is 8.19. The Morgan fingerprint density at radius 1 is 1.44 bits per heavy atom. The van der Waals surface area contributed by atoms with Gasteiger partial charge in [0.2, 0.25) is 0 Å². The predicted molar refractivity (Wildman–Crippen MR) is 45.4 cm³/mol. The second kappa shape index (κ2) is 4.08. The highest BCUT2D eigenvalue weighted by atomic mass is 33.1. The van der Waals surface area contributed by atoms with Gasteiger partial charge in [0.15, 0.2) is 0 Å². The first-order chi connectivity index (χ1) is 4.06. The molecule has 3 heteroatoms. The van der Waals surface area contributed by atoms with Crippen LogP contribution in [-0.2, 0) is 0 Å². The van der Waals surface area contributed by atoms with Crippen LogP contribution in [0.25, 0.3) is 0 Å². The van der Waals surface area contributed by atoms with E-state index in [0.29, 0.717) is 5.75 Å². The third-order valence-electron chi connectivity index (χ3n) is 0.432. The average molecular weight is 161 g/mol. The summed E-state index contributed by atoms with van der Waals surface area (Å²) in [6, 6.07) is 2.08. The van der Waals surface area contributed by atoms with Crippen molar-refractivity contribution in [2.45, 2.75) is 25.5 Å². The van der Waals surface area contributed by atoms with Crippen LogP contribution in [0, 0.1) is 11.3 Å². The fraction of sp³-hybridized carbons (Fsp3) is 0.833.